The van der Waals surface area contributed by atoms with Crippen molar-refractivity contribution in [2.45, 2.75) is 43.9 Å². The molecule has 0 aromatic carbocycles. The topological polar surface area (TPSA) is 53.2 Å². The van der Waals surface area contributed by atoms with Crippen molar-refractivity contribution in [3.63, 3.8) is 0 Å². The van der Waals surface area contributed by atoms with Crippen LogP contribution in [-0.4, -0.2) is 30.1 Å². The van der Waals surface area contributed by atoms with E-state index in [0.717, 1.165) is 0 Å². The predicted octanol–water partition coefficient (Wildman–Crippen LogP) is 2.40. The average molecular weight is 263 g/mol. The molecule has 2 aliphatic rings. The maximum Gasteiger partial charge on any atom is 0.391 e. The number of halogens is 3. The van der Waals surface area contributed by atoms with E-state index in [1.807, 2.05) is 0 Å². The summed E-state index contributed by atoms with van der Waals surface area (Å²) in [6.45, 7) is 0.509. The Morgan fingerprint density at radius 1 is 1.22 bits per heavy atom. The summed E-state index contributed by atoms with van der Waals surface area (Å²) < 4.78 is 42.9. The van der Waals surface area contributed by atoms with Crippen LogP contribution in [0.15, 0.2) is 0 Å². The lowest BCUT2D eigenvalue weighted by atomic mass is 9.63. The smallest absolute Gasteiger partial charge is 0.388 e. The van der Waals surface area contributed by atoms with Gasteiger partial charge < -0.3 is 9.84 Å². The first kappa shape index (κ1) is 13.6. The molecule has 2 fully saturated rings. The molecule has 18 heavy (non-hydrogen) atoms. The fourth-order valence-corrected chi connectivity index (χ4v) is 3.03. The standard InChI is InChI=1S/C12H16F3NO2/c13-12(14,15)9-1-3-11(17,4-2-9)10(7-16)5-6-18-8-10/h9,17H,1-6,8H2. The monoisotopic (exact) mass is 263 g/mol. The van der Waals surface area contributed by atoms with E-state index in [1.165, 1.54) is 0 Å². The molecular weight excluding hydrogens is 247 g/mol. The van der Waals surface area contributed by atoms with E-state index in [9.17, 15) is 23.5 Å². The molecule has 3 nitrogen and oxygen atoms in total. The number of rotatable bonds is 1. The maximum absolute atomic E-state index is 12.6. The van der Waals surface area contributed by atoms with E-state index in [0.29, 0.717) is 13.0 Å². The number of nitrogens with zero attached hydrogens (tertiary/aromatic N) is 1. The van der Waals surface area contributed by atoms with Gasteiger partial charge in [0.15, 0.2) is 0 Å². The van der Waals surface area contributed by atoms with Crippen molar-refractivity contribution in [2.24, 2.45) is 11.3 Å². The van der Waals surface area contributed by atoms with Crippen molar-refractivity contribution < 1.29 is 23.0 Å². The first-order chi connectivity index (χ1) is 8.33. The number of hydrogen-bond acceptors (Lipinski definition) is 3. The van der Waals surface area contributed by atoms with Crippen LogP contribution in [0.3, 0.4) is 0 Å². The molecular formula is C12H16F3NO2. The summed E-state index contributed by atoms with van der Waals surface area (Å²) in [5.74, 6) is -1.35. The molecule has 0 aromatic heterocycles. The SMILES string of the molecule is N#CC1(C2(O)CCC(C(F)(F)F)CC2)CCOC1. The minimum Gasteiger partial charge on any atom is -0.388 e. The van der Waals surface area contributed by atoms with Crippen molar-refractivity contribution in [3.05, 3.63) is 0 Å². The summed E-state index contributed by atoms with van der Waals surface area (Å²) >= 11 is 0. The molecule has 2 rings (SSSR count). The Morgan fingerprint density at radius 2 is 1.83 bits per heavy atom. The lowest BCUT2D eigenvalue weighted by Crippen LogP contribution is -2.51. The molecule has 1 aliphatic carbocycles. The summed E-state index contributed by atoms with van der Waals surface area (Å²) in [5, 5.41) is 19.8. The van der Waals surface area contributed by atoms with Crippen LogP contribution in [0, 0.1) is 22.7 Å². The Hall–Kier alpha value is -0.800. The molecule has 0 aromatic rings. The molecule has 102 valence electrons. The zero-order valence-corrected chi connectivity index (χ0v) is 9.96. The summed E-state index contributed by atoms with van der Waals surface area (Å²) in [7, 11) is 0. The Morgan fingerprint density at radius 3 is 2.22 bits per heavy atom. The fourth-order valence-electron chi connectivity index (χ4n) is 3.03. The predicted molar refractivity (Wildman–Crippen MR) is 56.4 cm³/mol. The van der Waals surface area contributed by atoms with Crippen molar-refractivity contribution in [3.8, 4) is 6.07 Å². The van der Waals surface area contributed by atoms with Gasteiger partial charge in [-0.05, 0) is 32.1 Å². The molecule has 1 heterocycles. The van der Waals surface area contributed by atoms with Crippen molar-refractivity contribution >= 4 is 0 Å². The summed E-state index contributed by atoms with van der Waals surface area (Å²) in [4.78, 5) is 0. The van der Waals surface area contributed by atoms with Crippen LogP contribution in [-0.2, 0) is 4.74 Å². The van der Waals surface area contributed by atoms with Gasteiger partial charge in [-0.15, -0.1) is 0 Å². The fraction of sp³-hybridized carbons (Fsp3) is 0.917. The molecule has 0 spiro atoms. The first-order valence-electron chi connectivity index (χ1n) is 6.11. The highest BCUT2D eigenvalue weighted by Crippen LogP contribution is 2.50. The molecule has 1 unspecified atom stereocenters. The van der Waals surface area contributed by atoms with Crippen LogP contribution in [0.25, 0.3) is 0 Å². The number of aliphatic hydroxyl groups is 1. The van der Waals surface area contributed by atoms with Crippen molar-refractivity contribution in [1.29, 1.82) is 5.26 Å². The summed E-state index contributed by atoms with van der Waals surface area (Å²) in [6, 6.07) is 2.08. The van der Waals surface area contributed by atoms with Crippen LogP contribution in [0.5, 0.6) is 0 Å². The lowest BCUT2D eigenvalue weighted by Gasteiger charge is -2.44. The number of ether oxygens (including phenoxy) is 1. The molecule has 1 saturated heterocycles. The molecule has 1 aliphatic heterocycles. The summed E-state index contributed by atoms with van der Waals surface area (Å²) in [6.07, 6.45) is -3.97. The first-order valence-corrected chi connectivity index (χ1v) is 6.11. The number of hydrogen-bond donors (Lipinski definition) is 1. The van der Waals surface area contributed by atoms with E-state index in [4.69, 9.17) is 4.74 Å². The van der Waals surface area contributed by atoms with Crippen molar-refractivity contribution in [2.75, 3.05) is 13.2 Å². The van der Waals surface area contributed by atoms with Gasteiger partial charge >= 0.3 is 6.18 Å². The quantitative estimate of drug-likeness (QED) is 0.790. The Balaban J connectivity index is 2.10. The third-order valence-electron chi connectivity index (χ3n) is 4.40. The van der Waals surface area contributed by atoms with Gasteiger partial charge in [0, 0.05) is 6.61 Å². The third-order valence-corrected chi connectivity index (χ3v) is 4.40. The zero-order valence-electron chi connectivity index (χ0n) is 9.96. The van der Waals surface area contributed by atoms with E-state index in [2.05, 4.69) is 6.07 Å². The molecule has 0 bridgehead atoms. The van der Waals surface area contributed by atoms with Gasteiger partial charge in [-0.1, -0.05) is 0 Å². The highest BCUT2D eigenvalue weighted by Gasteiger charge is 2.56. The van der Waals surface area contributed by atoms with Gasteiger partial charge in [0.2, 0.25) is 0 Å². The Bertz CT molecular complexity index is 347. The summed E-state index contributed by atoms with van der Waals surface area (Å²) in [5.41, 5.74) is -2.36. The average Bonchev–Trinajstić information content (AvgIpc) is 2.78. The largest absolute Gasteiger partial charge is 0.391 e. The number of nitriles is 1. The second kappa shape index (κ2) is 4.39. The highest BCUT2D eigenvalue weighted by molar-refractivity contribution is 5.14. The minimum atomic E-state index is -4.20. The van der Waals surface area contributed by atoms with Crippen molar-refractivity contribution in [1.82, 2.24) is 0 Å². The second-order valence-electron chi connectivity index (χ2n) is 5.34. The maximum atomic E-state index is 12.6. The Labute approximate surface area is 104 Å². The molecule has 1 saturated carbocycles. The molecule has 1 atom stereocenters. The second-order valence-corrected chi connectivity index (χ2v) is 5.34. The minimum absolute atomic E-state index is 0.0219. The van der Waals surface area contributed by atoms with E-state index in [1.54, 1.807) is 0 Å². The van der Waals surface area contributed by atoms with E-state index < -0.39 is 23.1 Å². The normalized spacial score (nSPS) is 41.6. The van der Waals surface area contributed by atoms with Gasteiger partial charge in [-0.25, -0.2) is 0 Å². The Kier molecular flexibility index (Phi) is 3.32. The van der Waals surface area contributed by atoms with Gasteiger partial charge in [-0.2, -0.15) is 18.4 Å². The van der Waals surface area contributed by atoms with E-state index in [-0.39, 0.29) is 32.3 Å². The van der Waals surface area contributed by atoms with Crippen LogP contribution < -0.4 is 0 Å². The molecule has 1 N–H and O–H groups in total. The zero-order chi connectivity index (χ0) is 13.4. The van der Waals surface area contributed by atoms with Crippen LogP contribution >= 0.6 is 0 Å². The van der Waals surface area contributed by atoms with Crippen LogP contribution in [0.4, 0.5) is 13.2 Å². The van der Waals surface area contributed by atoms with Crippen LogP contribution in [0.2, 0.25) is 0 Å². The van der Waals surface area contributed by atoms with Gasteiger partial charge in [0.25, 0.3) is 0 Å². The number of alkyl halides is 3. The van der Waals surface area contributed by atoms with Gasteiger partial charge in [-0.3, -0.25) is 0 Å². The van der Waals surface area contributed by atoms with Crippen LogP contribution in [0.1, 0.15) is 32.1 Å². The molecule has 0 radical (unpaired) electrons. The third kappa shape index (κ3) is 2.10. The molecule has 6 heteroatoms. The van der Waals surface area contributed by atoms with Gasteiger partial charge in [0.05, 0.1) is 24.2 Å². The highest BCUT2D eigenvalue weighted by atomic mass is 19.4. The van der Waals surface area contributed by atoms with E-state index >= 15 is 0 Å². The lowest BCUT2D eigenvalue weighted by molar-refractivity contribution is -0.200. The van der Waals surface area contributed by atoms with Gasteiger partial charge in [0.1, 0.15) is 5.41 Å². The molecule has 0 amide bonds.